The van der Waals surface area contributed by atoms with E-state index in [1.165, 1.54) is 13.8 Å². The van der Waals surface area contributed by atoms with Gasteiger partial charge in [-0.25, -0.2) is 19.2 Å². The van der Waals surface area contributed by atoms with Crippen molar-refractivity contribution in [2.45, 2.75) is 55.4 Å². The molecular weight excluding hydrogens is 564 g/mol. The number of carbonyl (C=O) groups excluding carboxylic acids is 6. The number of amides is 2. The Kier molecular flexibility index (Phi) is 14.0. The van der Waals surface area contributed by atoms with E-state index in [1.807, 2.05) is 0 Å². The Morgan fingerprint density at radius 3 is 1.07 bits per heavy atom. The largest absolute Gasteiger partial charge is 0.462 e. The van der Waals surface area contributed by atoms with Crippen LogP contribution in [-0.4, -0.2) is 62.1 Å². The van der Waals surface area contributed by atoms with Gasteiger partial charge in [-0.1, -0.05) is 0 Å². The Labute approximate surface area is 240 Å². The third-order valence-electron chi connectivity index (χ3n) is 4.75. The molecule has 0 aliphatic rings. The first kappa shape index (κ1) is 34.2. The van der Waals surface area contributed by atoms with Gasteiger partial charge in [0.2, 0.25) is 11.8 Å². The van der Waals surface area contributed by atoms with E-state index < -0.39 is 23.9 Å². The molecule has 0 spiro atoms. The SMILES string of the molecule is CCOC(=O)c1sc(NC(C)=O)c(C(=O)OCC)c1C.CCOC(=O)c1sc(NC(C)=O)c(C(=O)OCC)c1C. The molecule has 0 radical (unpaired) electrons. The maximum absolute atomic E-state index is 11.9. The Balaban J connectivity index is 0.000000400. The molecule has 0 aromatic carbocycles. The van der Waals surface area contributed by atoms with E-state index in [1.54, 1.807) is 41.5 Å². The summed E-state index contributed by atoms with van der Waals surface area (Å²) >= 11 is 2.02. The molecule has 2 heterocycles. The van der Waals surface area contributed by atoms with Gasteiger partial charge in [0.15, 0.2) is 0 Å². The van der Waals surface area contributed by atoms with Crippen molar-refractivity contribution in [3.05, 3.63) is 32.0 Å². The van der Waals surface area contributed by atoms with Gasteiger partial charge in [-0.15, -0.1) is 22.7 Å². The lowest BCUT2D eigenvalue weighted by molar-refractivity contribution is -0.115. The van der Waals surface area contributed by atoms with Crippen LogP contribution in [-0.2, 0) is 28.5 Å². The number of anilines is 2. The highest BCUT2D eigenvalue weighted by molar-refractivity contribution is 7.19. The topological polar surface area (TPSA) is 163 Å². The Morgan fingerprint density at radius 1 is 0.550 bits per heavy atom. The predicted octanol–water partition coefficient (Wildman–Crippen LogP) is 4.74. The number of rotatable bonds is 10. The van der Waals surface area contributed by atoms with E-state index in [4.69, 9.17) is 18.9 Å². The van der Waals surface area contributed by atoms with Gasteiger partial charge in [0.25, 0.3) is 0 Å². The average Bonchev–Trinajstić information content (AvgIpc) is 3.35. The minimum absolute atomic E-state index is 0.204. The number of hydrogen-bond acceptors (Lipinski definition) is 12. The zero-order valence-electron chi connectivity index (χ0n) is 23.7. The molecule has 0 atom stereocenters. The van der Waals surface area contributed by atoms with E-state index in [0.29, 0.717) is 30.9 Å². The summed E-state index contributed by atoms with van der Waals surface area (Å²) < 4.78 is 19.8. The molecule has 0 saturated heterocycles. The van der Waals surface area contributed by atoms with Gasteiger partial charge in [-0.3, -0.25) is 9.59 Å². The Hall–Kier alpha value is -3.78. The summed E-state index contributed by atoms with van der Waals surface area (Å²) in [6, 6.07) is 0. The molecule has 2 amide bonds. The number of ether oxygens (including phenoxy) is 4. The third kappa shape index (κ3) is 9.16. The van der Waals surface area contributed by atoms with Crippen LogP contribution in [0.25, 0.3) is 0 Å². The standard InChI is InChI=1S/2C13H17NO5S/c2*1-5-18-12(16)9-7(3)10(13(17)19-6-2)20-11(9)14-8(4)15/h2*5-6H2,1-4H3,(H,14,15). The van der Waals surface area contributed by atoms with Gasteiger partial charge >= 0.3 is 23.9 Å². The van der Waals surface area contributed by atoms with Crippen LogP contribution in [0.5, 0.6) is 0 Å². The van der Waals surface area contributed by atoms with Gasteiger partial charge in [0, 0.05) is 13.8 Å². The zero-order chi connectivity index (χ0) is 30.6. The van der Waals surface area contributed by atoms with Gasteiger partial charge in [0.1, 0.15) is 19.8 Å². The van der Waals surface area contributed by atoms with Crippen molar-refractivity contribution in [3.63, 3.8) is 0 Å². The maximum atomic E-state index is 11.9. The molecule has 2 N–H and O–H groups in total. The summed E-state index contributed by atoms with van der Waals surface area (Å²) in [6.07, 6.45) is 0. The average molecular weight is 599 g/mol. The van der Waals surface area contributed by atoms with Crippen molar-refractivity contribution in [1.82, 2.24) is 0 Å². The number of thiophene rings is 2. The van der Waals surface area contributed by atoms with E-state index in [0.717, 1.165) is 22.7 Å². The first-order chi connectivity index (χ1) is 18.8. The van der Waals surface area contributed by atoms with Crippen LogP contribution >= 0.6 is 22.7 Å². The smallest absolute Gasteiger partial charge is 0.348 e. The highest BCUT2D eigenvalue weighted by Gasteiger charge is 2.28. The second-order valence-electron chi connectivity index (χ2n) is 7.76. The molecule has 2 rings (SSSR count). The van der Waals surface area contributed by atoms with Crippen molar-refractivity contribution in [2.75, 3.05) is 37.1 Å². The van der Waals surface area contributed by atoms with E-state index >= 15 is 0 Å². The van der Waals surface area contributed by atoms with Crippen LogP contribution in [0.4, 0.5) is 10.0 Å². The molecule has 12 nitrogen and oxygen atoms in total. The molecule has 0 bridgehead atoms. The predicted molar refractivity (Wildman–Crippen MR) is 151 cm³/mol. The molecule has 40 heavy (non-hydrogen) atoms. The van der Waals surface area contributed by atoms with Crippen LogP contribution in [0.1, 0.15) is 92.7 Å². The Morgan fingerprint density at radius 2 is 0.825 bits per heavy atom. The molecule has 0 unspecified atom stereocenters. The molecule has 0 aliphatic heterocycles. The zero-order valence-corrected chi connectivity index (χ0v) is 25.4. The monoisotopic (exact) mass is 598 g/mol. The summed E-state index contributed by atoms with van der Waals surface area (Å²) in [7, 11) is 0. The molecular formula is C26H34N2O10S2. The molecule has 0 saturated carbocycles. The minimum Gasteiger partial charge on any atom is -0.462 e. The first-order valence-electron chi connectivity index (χ1n) is 12.3. The lowest BCUT2D eigenvalue weighted by atomic mass is 10.1. The minimum atomic E-state index is -0.569. The fraction of sp³-hybridized carbons (Fsp3) is 0.462. The summed E-state index contributed by atoms with van der Waals surface area (Å²) in [5.41, 5.74) is 1.32. The quantitative estimate of drug-likeness (QED) is 0.288. The van der Waals surface area contributed by atoms with Crippen molar-refractivity contribution < 1.29 is 47.7 Å². The van der Waals surface area contributed by atoms with Crippen LogP contribution in [0.15, 0.2) is 0 Å². The third-order valence-corrected chi connectivity index (χ3v) is 7.13. The first-order valence-corrected chi connectivity index (χ1v) is 14.0. The highest BCUT2D eigenvalue weighted by atomic mass is 32.1. The fourth-order valence-corrected chi connectivity index (χ4v) is 5.47. The van der Waals surface area contributed by atoms with Gasteiger partial charge in [0.05, 0.1) is 37.6 Å². The van der Waals surface area contributed by atoms with Gasteiger partial charge in [-0.2, -0.15) is 0 Å². The number of carbonyl (C=O) groups is 6. The lowest BCUT2D eigenvalue weighted by Crippen LogP contribution is -2.12. The molecule has 14 heteroatoms. The van der Waals surface area contributed by atoms with Gasteiger partial charge in [-0.05, 0) is 52.7 Å². The number of esters is 4. The van der Waals surface area contributed by atoms with Crippen LogP contribution in [0, 0.1) is 13.8 Å². The molecule has 220 valence electrons. The van der Waals surface area contributed by atoms with Gasteiger partial charge < -0.3 is 29.6 Å². The number of nitrogens with one attached hydrogen (secondary N) is 2. The molecule has 0 aliphatic carbocycles. The normalized spacial score (nSPS) is 10.0. The second-order valence-corrected chi connectivity index (χ2v) is 9.81. The summed E-state index contributed by atoms with van der Waals surface area (Å²) in [5.74, 6) is -2.82. The molecule has 2 aromatic heterocycles. The van der Waals surface area contributed by atoms with Crippen molar-refractivity contribution >= 4 is 68.4 Å². The summed E-state index contributed by atoms with van der Waals surface area (Å²) in [4.78, 5) is 70.5. The van der Waals surface area contributed by atoms with Crippen molar-refractivity contribution in [2.24, 2.45) is 0 Å². The van der Waals surface area contributed by atoms with E-state index in [9.17, 15) is 28.8 Å². The highest BCUT2D eigenvalue weighted by Crippen LogP contribution is 2.35. The van der Waals surface area contributed by atoms with Crippen molar-refractivity contribution in [3.8, 4) is 0 Å². The molecule has 2 aromatic rings. The molecule has 0 fully saturated rings. The van der Waals surface area contributed by atoms with Crippen LogP contribution in [0.3, 0.4) is 0 Å². The van der Waals surface area contributed by atoms with Crippen LogP contribution < -0.4 is 10.6 Å². The second kappa shape index (κ2) is 16.4. The summed E-state index contributed by atoms with van der Waals surface area (Å²) in [5, 5.41) is 5.69. The fourth-order valence-electron chi connectivity index (χ4n) is 3.20. The Bertz CT molecular complexity index is 1170. The number of hydrogen-bond donors (Lipinski definition) is 2. The van der Waals surface area contributed by atoms with E-state index in [-0.39, 0.29) is 49.4 Å². The maximum Gasteiger partial charge on any atom is 0.348 e. The van der Waals surface area contributed by atoms with Crippen molar-refractivity contribution in [1.29, 1.82) is 0 Å². The van der Waals surface area contributed by atoms with Crippen LogP contribution in [0.2, 0.25) is 0 Å². The summed E-state index contributed by atoms with van der Waals surface area (Å²) in [6.45, 7) is 13.6. The van der Waals surface area contributed by atoms with E-state index in [2.05, 4.69) is 10.6 Å². The lowest BCUT2D eigenvalue weighted by Gasteiger charge is -2.05.